The van der Waals surface area contributed by atoms with E-state index in [0.717, 1.165) is 12.8 Å². The van der Waals surface area contributed by atoms with E-state index in [1.807, 2.05) is 0 Å². The summed E-state index contributed by atoms with van der Waals surface area (Å²) in [6.45, 7) is 1.50. The average Bonchev–Trinajstić information content (AvgIpc) is 3.22. The lowest BCUT2D eigenvalue weighted by molar-refractivity contribution is -0.00771. The van der Waals surface area contributed by atoms with Gasteiger partial charge in [0, 0.05) is 32.7 Å². The fourth-order valence-electron chi connectivity index (χ4n) is 3.88. The van der Waals surface area contributed by atoms with Crippen molar-refractivity contribution in [2.45, 2.75) is 43.3 Å². The number of aromatic nitrogens is 6. The molecular weight excluding hydrogens is 498 g/mol. The topological polar surface area (TPSA) is 143 Å². The minimum Gasteiger partial charge on any atom is -0.481 e. The number of nitrogens with zero attached hydrogens (tertiary/aromatic N) is 6. The summed E-state index contributed by atoms with van der Waals surface area (Å²) in [6.07, 6.45) is 3.29. The van der Waals surface area contributed by atoms with Gasteiger partial charge in [-0.3, -0.25) is 9.29 Å². The van der Waals surface area contributed by atoms with Crippen molar-refractivity contribution in [3.63, 3.8) is 0 Å². The van der Waals surface area contributed by atoms with Crippen molar-refractivity contribution < 1.29 is 22.6 Å². The molecule has 4 atom stereocenters. The van der Waals surface area contributed by atoms with E-state index in [1.54, 1.807) is 29.9 Å². The van der Waals surface area contributed by atoms with Crippen LogP contribution in [-0.4, -0.2) is 70.8 Å². The number of anilines is 1. The molecule has 3 aromatic heterocycles. The van der Waals surface area contributed by atoms with Crippen molar-refractivity contribution in [3.8, 4) is 17.4 Å². The van der Waals surface area contributed by atoms with E-state index < -0.39 is 21.4 Å². The molecule has 4 rings (SSSR count). The van der Waals surface area contributed by atoms with Gasteiger partial charge in [-0.25, -0.2) is 23.4 Å². The third-order valence-corrected chi connectivity index (χ3v) is 7.85. The Labute approximate surface area is 208 Å². The molecule has 0 spiro atoms. The largest absolute Gasteiger partial charge is 0.481 e. The maximum absolute atomic E-state index is 13.4. The molecule has 3 aromatic rings. The lowest BCUT2D eigenvalue weighted by Gasteiger charge is -2.37. The molecule has 1 fully saturated rings. The van der Waals surface area contributed by atoms with Crippen molar-refractivity contribution in [2.24, 2.45) is 0 Å². The van der Waals surface area contributed by atoms with Crippen LogP contribution >= 0.6 is 11.6 Å². The number of hydrogen-bond acceptors (Lipinski definition) is 10. The molecule has 188 valence electrons. The van der Waals surface area contributed by atoms with Crippen molar-refractivity contribution >= 4 is 27.6 Å². The van der Waals surface area contributed by atoms with Crippen molar-refractivity contribution in [1.29, 1.82) is 0 Å². The van der Waals surface area contributed by atoms with Crippen LogP contribution in [0.1, 0.15) is 37.7 Å². The van der Waals surface area contributed by atoms with Gasteiger partial charge >= 0.3 is 0 Å². The van der Waals surface area contributed by atoms with Gasteiger partial charge in [0.15, 0.2) is 11.6 Å². The smallest absolute Gasteiger partial charge is 0.240 e. The molecule has 1 aliphatic rings. The van der Waals surface area contributed by atoms with Gasteiger partial charge in [0.1, 0.15) is 17.0 Å². The monoisotopic (exact) mass is 523 g/mol. The number of methoxy groups -OCH3 is 3. The number of ether oxygens (including phenoxy) is 3. The van der Waals surface area contributed by atoms with E-state index >= 15 is 0 Å². The Bertz CT molecular complexity index is 1270. The van der Waals surface area contributed by atoms with E-state index in [9.17, 15) is 8.42 Å². The van der Waals surface area contributed by atoms with Gasteiger partial charge in [-0.15, -0.1) is 10.2 Å². The third kappa shape index (κ3) is 5.08. The second kappa shape index (κ2) is 10.4. The molecule has 0 radical (unpaired) electrons. The minimum absolute atomic E-state index is 0.0510. The number of nitrogens with one attached hydrogen (secondary N) is 1. The molecule has 0 aromatic carbocycles. The maximum Gasteiger partial charge on any atom is 0.240 e. The standard InChI is InChI=1S/C21H26ClN7O5S/c1-12(18(34-4)19-23-10-13(22)11-24-19)35(30,31)28-21-27-26-20(14-6-5-7-17(25-14)33-3)29(21)15-8-9-16(15)32-2/h5-7,10-12,15-16,18H,8-9H2,1-4H3,(H,27,28)/t12?,15-,16-,18?/m1/s1. The molecular formula is C21H26ClN7O5S. The molecule has 1 N–H and O–H groups in total. The molecule has 0 saturated heterocycles. The normalized spacial score (nSPS) is 19.6. The molecule has 3 heterocycles. The predicted octanol–water partition coefficient (Wildman–Crippen LogP) is 2.66. The van der Waals surface area contributed by atoms with E-state index in [1.165, 1.54) is 33.5 Å². The Morgan fingerprint density at radius 3 is 2.49 bits per heavy atom. The minimum atomic E-state index is -4.03. The highest BCUT2D eigenvalue weighted by molar-refractivity contribution is 7.93. The molecule has 1 aliphatic carbocycles. The van der Waals surface area contributed by atoms with Gasteiger partial charge in [0.25, 0.3) is 0 Å². The van der Waals surface area contributed by atoms with Gasteiger partial charge in [0.05, 0.1) is 24.3 Å². The number of pyridine rings is 1. The van der Waals surface area contributed by atoms with Gasteiger partial charge in [-0.05, 0) is 25.8 Å². The predicted molar refractivity (Wildman–Crippen MR) is 128 cm³/mol. The Morgan fingerprint density at radius 1 is 1.14 bits per heavy atom. The molecule has 2 unspecified atom stereocenters. The van der Waals surface area contributed by atoms with Crippen LogP contribution in [0, 0.1) is 0 Å². The van der Waals surface area contributed by atoms with Crippen LogP contribution in [-0.2, 0) is 19.5 Å². The molecule has 0 amide bonds. The van der Waals surface area contributed by atoms with Crippen LogP contribution in [0.4, 0.5) is 5.95 Å². The summed E-state index contributed by atoms with van der Waals surface area (Å²) in [5.41, 5.74) is 0.487. The fourth-order valence-corrected chi connectivity index (χ4v) is 5.12. The average molecular weight is 524 g/mol. The number of hydrogen-bond donors (Lipinski definition) is 1. The maximum atomic E-state index is 13.4. The van der Waals surface area contributed by atoms with Crippen LogP contribution in [0.25, 0.3) is 11.5 Å². The fraction of sp³-hybridized carbons (Fsp3) is 0.476. The number of rotatable bonds is 10. The molecule has 1 saturated carbocycles. The summed E-state index contributed by atoms with van der Waals surface area (Å²) < 4.78 is 47.3. The summed E-state index contributed by atoms with van der Waals surface area (Å²) in [4.78, 5) is 12.7. The lowest BCUT2D eigenvalue weighted by Crippen LogP contribution is -2.38. The second-order valence-corrected chi connectivity index (χ2v) is 10.4. The van der Waals surface area contributed by atoms with Gasteiger partial charge in [-0.1, -0.05) is 17.7 Å². The quantitative estimate of drug-likeness (QED) is 0.421. The summed E-state index contributed by atoms with van der Waals surface area (Å²) in [5, 5.41) is 7.66. The van der Waals surface area contributed by atoms with Gasteiger partial charge in [-0.2, -0.15) is 0 Å². The van der Waals surface area contributed by atoms with Crippen molar-refractivity contribution in [2.75, 3.05) is 26.1 Å². The SMILES string of the molecule is COc1cccc(-c2nnc(NS(=O)(=O)C(C)C(OC)c3ncc(Cl)cn3)n2[C@@H]2CC[C@H]2OC)n1. The first-order valence-electron chi connectivity index (χ1n) is 10.8. The Balaban J connectivity index is 1.69. The zero-order valence-electron chi connectivity index (χ0n) is 19.6. The van der Waals surface area contributed by atoms with E-state index in [4.69, 9.17) is 25.8 Å². The summed E-state index contributed by atoms with van der Waals surface area (Å²) in [5.74, 6) is 1.03. The van der Waals surface area contributed by atoms with Crippen molar-refractivity contribution in [3.05, 3.63) is 41.4 Å². The number of sulfonamides is 1. The molecule has 14 heteroatoms. The molecule has 0 aliphatic heterocycles. The lowest BCUT2D eigenvalue weighted by atomic mass is 9.88. The summed E-state index contributed by atoms with van der Waals surface area (Å²) >= 11 is 5.86. The van der Waals surface area contributed by atoms with Crippen LogP contribution < -0.4 is 9.46 Å². The Kier molecular flexibility index (Phi) is 7.50. The van der Waals surface area contributed by atoms with E-state index in [2.05, 4.69) is 29.9 Å². The van der Waals surface area contributed by atoms with Crippen LogP contribution in [0.3, 0.4) is 0 Å². The zero-order valence-corrected chi connectivity index (χ0v) is 21.2. The zero-order chi connectivity index (χ0) is 25.2. The van der Waals surface area contributed by atoms with Crippen LogP contribution in [0.5, 0.6) is 5.88 Å². The molecule has 0 bridgehead atoms. The van der Waals surface area contributed by atoms with Gasteiger partial charge in [0.2, 0.25) is 21.9 Å². The first-order valence-corrected chi connectivity index (χ1v) is 12.7. The molecule has 12 nitrogen and oxygen atoms in total. The Morgan fingerprint density at radius 2 is 1.89 bits per heavy atom. The number of halogens is 1. The highest BCUT2D eigenvalue weighted by atomic mass is 35.5. The Hall–Kier alpha value is -2.87. The van der Waals surface area contributed by atoms with Crippen LogP contribution in [0.2, 0.25) is 5.02 Å². The summed E-state index contributed by atoms with van der Waals surface area (Å²) in [6, 6.07) is 5.06. The highest BCUT2D eigenvalue weighted by Crippen LogP contribution is 2.39. The van der Waals surface area contributed by atoms with Crippen LogP contribution in [0.15, 0.2) is 30.6 Å². The second-order valence-electron chi connectivity index (χ2n) is 7.97. The first-order chi connectivity index (χ1) is 16.8. The first kappa shape index (κ1) is 25.2. The van der Waals surface area contributed by atoms with Crippen molar-refractivity contribution in [1.82, 2.24) is 29.7 Å². The molecule has 35 heavy (non-hydrogen) atoms. The highest BCUT2D eigenvalue weighted by Gasteiger charge is 2.39. The van der Waals surface area contributed by atoms with E-state index in [-0.39, 0.29) is 23.9 Å². The van der Waals surface area contributed by atoms with E-state index in [0.29, 0.717) is 22.4 Å². The van der Waals surface area contributed by atoms with Gasteiger partial charge < -0.3 is 14.2 Å². The summed E-state index contributed by atoms with van der Waals surface area (Å²) in [7, 11) is 0.496. The third-order valence-electron chi connectivity index (χ3n) is 5.97.